The molecule has 28 heavy (non-hydrogen) atoms. The molecule has 7 nitrogen and oxygen atoms in total. The van der Waals surface area contributed by atoms with Gasteiger partial charge < -0.3 is 14.5 Å². The highest BCUT2D eigenvalue weighted by molar-refractivity contribution is 7.07. The molecule has 0 aromatic carbocycles. The van der Waals surface area contributed by atoms with Crippen LogP contribution < -0.4 is 0 Å². The van der Waals surface area contributed by atoms with E-state index in [2.05, 4.69) is 10.1 Å². The number of nitrogens with zero attached hydrogens (tertiary/aromatic N) is 4. The zero-order valence-electron chi connectivity index (χ0n) is 15.9. The van der Waals surface area contributed by atoms with Crippen LogP contribution in [0.15, 0.2) is 27.5 Å². The third-order valence-corrected chi connectivity index (χ3v) is 5.81. The lowest BCUT2D eigenvalue weighted by atomic mass is 9.92. The lowest BCUT2D eigenvalue weighted by Crippen LogP contribution is -2.39. The number of carbonyl (C=O) groups is 1. The van der Waals surface area contributed by atoms with Crippen molar-refractivity contribution in [2.45, 2.75) is 39.2 Å². The van der Waals surface area contributed by atoms with Crippen molar-refractivity contribution in [2.24, 2.45) is 0 Å². The Morgan fingerprint density at radius 2 is 2.25 bits per heavy atom. The van der Waals surface area contributed by atoms with Gasteiger partial charge in [0.1, 0.15) is 11.5 Å². The van der Waals surface area contributed by atoms with Crippen molar-refractivity contribution in [2.75, 3.05) is 13.1 Å². The average Bonchev–Trinajstić information content (AvgIpc) is 3.37. The molecule has 3 aromatic heterocycles. The Bertz CT molecular complexity index is 964. The van der Waals surface area contributed by atoms with Gasteiger partial charge in [0, 0.05) is 35.6 Å². The van der Waals surface area contributed by atoms with Crippen LogP contribution in [0, 0.1) is 13.8 Å². The minimum Gasteiger partial charge on any atom is -0.392 e. The number of thiazole rings is 1. The van der Waals surface area contributed by atoms with Crippen LogP contribution in [0.2, 0.25) is 0 Å². The molecule has 0 saturated carbocycles. The number of likely N-dealkylation sites (tertiary alicyclic amines) is 1. The van der Waals surface area contributed by atoms with Gasteiger partial charge in [-0.1, -0.05) is 11.2 Å². The van der Waals surface area contributed by atoms with Gasteiger partial charge in [0.15, 0.2) is 0 Å². The topological polar surface area (TPSA) is 92.4 Å². The number of amides is 1. The van der Waals surface area contributed by atoms with Crippen LogP contribution in [0.1, 0.15) is 52.0 Å². The highest BCUT2D eigenvalue weighted by Crippen LogP contribution is 2.32. The Morgan fingerprint density at radius 3 is 2.93 bits per heavy atom. The normalized spacial score (nSPS) is 17.1. The second-order valence-corrected chi connectivity index (χ2v) is 7.78. The monoisotopic (exact) mass is 398 g/mol. The van der Waals surface area contributed by atoms with E-state index in [0.29, 0.717) is 23.7 Å². The van der Waals surface area contributed by atoms with Gasteiger partial charge in [0.2, 0.25) is 0 Å². The van der Waals surface area contributed by atoms with E-state index in [1.165, 1.54) is 11.3 Å². The Labute approximate surface area is 167 Å². The smallest absolute Gasteiger partial charge is 0.273 e. The lowest BCUT2D eigenvalue weighted by Gasteiger charge is -2.32. The SMILES string of the molecule is Cc1noc(C)c1-c1nc([C@@H]2CCCN(C(=O)c3cscn3)C2)ccc1CO. The minimum absolute atomic E-state index is 0.0242. The molecule has 0 bridgehead atoms. The van der Waals surface area contributed by atoms with Crippen LogP contribution >= 0.6 is 11.3 Å². The Kier molecular flexibility index (Phi) is 5.23. The number of aliphatic hydroxyl groups is 1. The van der Waals surface area contributed by atoms with E-state index in [1.54, 1.807) is 10.9 Å². The molecule has 0 aliphatic carbocycles. The molecule has 4 heterocycles. The molecule has 4 rings (SSSR count). The molecular formula is C20H22N4O3S. The maximum atomic E-state index is 12.7. The summed E-state index contributed by atoms with van der Waals surface area (Å²) in [4.78, 5) is 23.6. The zero-order valence-corrected chi connectivity index (χ0v) is 16.7. The molecule has 1 N–H and O–H groups in total. The molecule has 0 spiro atoms. The van der Waals surface area contributed by atoms with Gasteiger partial charge in [-0.25, -0.2) is 4.98 Å². The first-order chi connectivity index (χ1) is 13.6. The van der Waals surface area contributed by atoms with Crippen LogP contribution in [0.25, 0.3) is 11.3 Å². The predicted molar refractivity (Wildman–Crippen MR) is 105 cm³/mol. The summed E-state index contributed by atoms with van der Waals surface area (Å²) >= 11 is 1.43. The molecule has 1 aliphatic rings. The highest BCUT2D eigenvalue weighted by atomic mass is 32.1. The van der Waals surface area contributed by atoms with Crippen molar-refractivity contribution in [3.8, 4) is 11.3 Å². The second kappa shape index (κ2) is 7.81. The summed E-state index contributed by atoms with van der Waals surface area (Å²) in [6, 6.07) is 3.86. The van der Waals surface area contributed by atoms with Crippen LogP contribution in [0.3, 0.4) is 0 Å². The van der Waals surface area contributed by atoms with Gasteiger partial charge in [-0.3, -0.25) is 9.78 Å². The van der Waals surface area contributed by atoms with Crippen LogP contribution in [-0.4, -0.2) is 44.1 Å². The highest BCUT2D eigenvalue weighted by Gasteiger charge is 2.28. The van der Waals surface area contributed by atoms with Gasteiger partial charge >= 0.3 is 0 Å². The van der Waals surface area contributed by atoms with Crippen molar-refractivity contribution < 1.29 is 14.4 Å². The summed E-state index contributed by atoms with van der Waals surface area (Å²) < 4.78 is 5.29. The molecular weight excluding hydrogens is 376 g/mol. The van der Waals surface area contributed by atoms with E-state index < -0.39 is 0 Å². The van der Waals surface area contributed by atoms with Gasteiger partial charge in [-0.2, -0.15) is 0 Å². The van der Waals surface area contributed by atoms with Gasteiger partial charge in [-0.05, 0) is 32.8 Å². The second-order valence-electron chi connectivity index (χ2n) is 7.07. The summed E-state index contributed by atoms with van der Waals surface area (Å²) in [7, 11) is 0. The number of pyridine rings is 1. The predicted octanol–water partition coefficient (Wildman–Crippen LogP) is 3.32. The fourth-order valence-electron chi connectivity index (χ4n) is 3.78. The van der Waals surface area contributed by atoms with E-state index in [4.69, 9.17) is 9.51 Å². The number of aryl methyl sites for hydroxylation is 2. The molecule has 0 radical (unpaired) electrons. The molecule has 1 atom stereocenters. The number of piperidine rings is 1. The first kappa shape index (κ1) is 18.8. The largest absolute Gasteiger partial charge is 0.392 e. The number of hydrogen-bond donors (Lipinski definition) is 1. The Hall–Kier alpha value is -2.58. The maximum Gasteiger partial charge on any atom is 0.273 e. The zero-order chi connectivity index (χ0) is 19.7. The third kappa shape index (κ3) is 3.45. The van der Waals surface area contributed by atoms with Crippen molar-refractivity contribution in [1.29, 1.82) is 0 Å². The van der Waals surface area contributed by atoms with E-state index >= 15 is 0 Å². The van der Waals surface area contributed by atoms with Crippen LogP contribution in [0.5, 0.6) is 0 Å². The number of aromatic nitrogens is 3. The number of rotatable bonds is 4. The summed E-state index contributed by atoms with van der Waals surface area (Å²) in [5.74, 6) is 0.799. The number of hydrogen-bond acceptors (Lipinski definition) is 7. The molecule has 1 aliphatic heterocycles. The Morgan fingerprint density at radius 1 is 1.39 bits per heavy atom. The molecule has 8 heteroatoms. The fourth-order valence-corrected chi connectivity index (χ4v) is 4.30. The van der Waals surface area contributed by atoms with Gasteiger partial charge in [0.25, 0.3) is 5.91 Å². The molecule has 1 saturated heterocycles. The van der Waals surface area contributed by atoms with E-state index in [1.807, 2.05) is 30.9 Å². The first-order valence-corrected chi connectivity index (χ1v) is 10.2. The van der Waals surface area contributed by atoms with Crippen molar-refractivity contribution in [3.63, 3.8) is 0 Å². The molecule has 3 aromatic rings. The summed E-state index contributed by atoms with van der Waals surface area (Å²) in [5, 5.41) is 15.6. The molecule has 1 fully saturated rings. The number of aliphatic hydroxyl groups excluding tert-OH is 1. The summed E-state index contributed by atoms with van der Waals surface area (Å²) in [5.41, 5.74) is 6.13. The van der Waals surface area contributed by atoms with E-state index in [-0.39, 0.29) is 18.4 Å². The lowest BCUT2D eigenvalue weighted by molar-refractivity contribution is 0.0701. The molecule has 1 amide bonds. The first-order valence-electron chi connectivity index (χ1n) is 9.30. The van der Waals surface area contributed by atoms with Crippen molar-refractivity contribution >= 4 is 17.2 Å². The Balaban J connectivity index is 1.64. The van der Waals surface area contributed by atoms with Gasteiger partial charge in [-0.15, -0.1) is 11.3 Å². The summed E-state index contributed by atoms with van der Waals surface area (Å²) in [6.07, 6.45) is 1.89. The van der Waals surface area contributed by atoms with Crippen LogP contribution in [0.4, 0.5) is 0 Å². The van der Waals surface area contributed by atoms with Crippen LogP contribution in [-0.2, 0) is 6.61 Å². The standard InChI is InChI=1S/C20H22N4O3S/c1-12-18(13(2)27-23-12)19-15(9-25)5-6-16(22-19)14-4-3-7-24(8-14)20(26)17-10-28-11-21-17/h5-6,10-11,14,25H,3-4,7-9H2,1-2H3/t14-/m1/s1. The third-order valence-electron chi connectivity index (χ3n) is 5.22. The minimum atomic E-state index is -0.105. The fraction of sp³-hybridized carbons (Fsp3) is 0.400. The molecule has 146 valence electrons. The van der Waals surface area contributed by atoms with E-state index in [0.717, 1.165) is 41.9 Å². The van der Waals surface area contributed by atoms with Gasteiger partial charge in [0.05, 0.1) is 29.1 Å². The quantitative estimate of drug-likeness (QED) is 0.725. The maximum absolute atomic E-state index is 12.7. The molecule has 0 unspecified atom stereocenters. The van der Waals surface area contributed by atoms with E-state index in [9.17, 15) is 9.90 Å². The summed E-state index contributed by atoms with van der Waals surface area (Å²) in [6.45, 7) is 4.96. The average molecular weight is 398 g/mol. The number of carbonyl (C=O) groups excluding carboxylic acids is 1. The van der Waals surface area contributed by atoms with Crippen molar-refractivity contribution in [1.82, 2.24) is 20.0 Å². The van der Waals surface area contributed by atoms with Crippen molar-refractivity contribution in [3.05, 3.63) is 51.4 Å².